The topological polar surface area (TPSA) is 105 Å². The van der Waals surface area contributed by atoms with Crippen molar-refractivity contribution in [2.24, 2.45) is 0 Å². The van der Waals surface area contributed by atoms with E-state index < -0.39 is 24.0 Å². The number of amides is 2. The quantitative estimate of drug-likeness (QED) is 0.307. The number of ether oxygens (including phenoxy) is 1. The molecule has 1 atom stereocenters. The van der Waals surface area contributed by atoms with E-state index in [-0.39, 0.29) is 25.4 Å². The molecule has 1 aliphatic carbocycles. The second-order valence-electron chi connectivity index (χ2n) is 9.19. The largest absolute Gasteiger partial charge is 0.481 e. The fourth-order valence-corrected chi connectivity index (χ4v) is 4.75. The zero-order valence-electron chi connectivity index (χ0n) is 20.7. The minimum absolute atomic E-state index is 0.0185. The normalized spacial score (nSPS) is 12.8. The van der Waals surface area contributed by atoms with Crippen LogP contribution in [0.4, 0.5) is 4.79 Å². The molecule has 0 saturated carbocycles. The standard InChI is InChI=1S/C30H32N2O5/c33-28(34)18-17-27(29(35)31-19-9-8-12-21-10-2-1-3-11-21)32-30(36)37-20-26-24-15-6-4-13-22(24)23-14-5-7-16-25(23)26/h1-7,10-11,13-16,26-27H,8-9,12,17-20H2,(H,31,35)(H,32,36)(H,33,34)/t27-/m0/s1. The van der Waals surface area contributed by atoms with Gasteiger partial charge in [0.25, 0.3) is 0 Å². The summed E-state index contributed by atoms with van der Waals surface area (Å²) in [6, 6.07) is 25.2. The number of nitrogens with one attached hydrogen (secondary N) is 2. The van der Waals surface area contributed by atoms with E-state index in [9.17, 15) is 14.4 Å². The van der Waals surface area contributed by atoms with Crippen LogP contribution >= 0.6 is 0 Å². The summed E-state index contributed by atoms with van der Waals surface area (Å²) < 4.78 is 5.54. The van der Waals surface area contributed by atoms with Gasteiger partial charge in [0.1, 0.15) is 12.6 Å². The number of carboxylic acid groups (broad SMARTS) is 1. The molecule has 0 saturated heterocycles. The summed E-state index contributed by atoms with van der Waals surface area (Å²) in [5, 5.41) is 14.5. The predicted molar refractivity (Wildman–Crippen MR) is 141 cm³/mol. The maximum absolute atomic E-state index is 12.7. The highest BCUT2D eigenvalue weighted by atomic mass is 16.5. The molecule has 0 unspecified atom stereocenters. The second kappa shape index (κ2) is 12.7. The summed E-state index contributed by atoms with van der Waals surface area (Å²) in [5.41, 5.74) is 5.67. The van der Waals surface area contributed by atoms with E-state index in [2.05, 4.69) is 34.9 Å². The summed E-state index contributed by atoms with van der Waals surface area (Å²) in [4.78, 5) is 36.5. The number of fused-ring (bicyclic) bond motifs is 3. The van der Waals surface area contributed by atoms with E-state index in [1.165, 1.54) is 5.56 Å². The molecule has 4 rings (SSSR count). The van der Waals surface area contributed by atoms with Gasteiger partial charge in [-0.25, -0.2) is 4.79 Å². The van der Waals surface area contributed by atoms with Crippen LogP contribution in [0.3, 0.4) is 0 Å². The van der Waals surface area contributed by atoms with E-state index in [0.29, 0.717) is 6.54 Å². The Morgan fingerprint density at radius 3 is 2.11 bits per heavy atom. The summed E-state index contributed by atoms with van der Waals surface area (Å²) in [6.07, 6.45) is 1.60. The third-order valence-corrected chi connectivity index (χ3v) is 6.63. The Morgan fingerprint density at radius 2 is 1.46 bits per heavy atom. The van der Waals surface area contributed by atoms with Gasteiger partial charge < -0.3 is 20.5 Å². The van der Waals surface area contributed by atoms with Crippen LogP contribution in [0.1, 0.15) is 48.3 Å². The van der Waals surface area contributed by atoms with Gasteiger partial charge in [-0.1, -0.05) is 78.9 Å². The van der Waals surface area contributed by atoms with Crippen LogP contribution in [-0.4, -0.2) is 42.3 Å². The summed E-state index contributed by atoms with van der Waals surface area (Å²) in [6.45, 7) is 0.564. The van der Waals surface area contributed by atoms with E-state index in [0.717, 1.165) is 41.5 Å². The minimum Gasteiger partial charge on any atom is -0.481 e. The molecule has 2 amide bonds. The molecule has 0 aliphatic heterocycles. The monoisotopic (exact) mass is 500 g/mol. The number of rotatable bonds is 12. The van der Waals surface area contributed by atoms with Crippen molar-refractivity contribution in [1.29, 1.82) is 0 Å². The maximum Gasteiger partial charge on any atom is 0.407 e. The molecule has 7 nitrogen and oxygen atoms in total. The molecule has 3 N–H and O–H groups in total. The number of carbonyl (C=O) groups excluding carboxylic acids is 2. The molecule has 0 aromatic heterocycles. The lowest BCUT2D eigenvalue weighted by Gasteiger charge is -2.19. The number of carbonyl (C=O) groups is 3. The maximum atomic E-state index is 12.7. The van der Waals surface area contributed by atoms with Crippen LogP contribution in [0.15, 0.2) is 78.9 Å². The highest BCUT2D eigenvalue weighted by molar-refractivity contribution is 5.86. The third kappa shape index (κ3) is 6.97. The van der Waals surface area contributed by atoms with Crippen molar-refractivity contribution in [3.63, 3.8) is 0 Å². The smallest absolute Gasteiger partial charge is 0.407 e. The lowest BCUT2D eigenvalue weighted by molar-refractivity contribution is -0.137. The Hall–Kier alpha value is -4.13. The number of aliphatic carboxylic acids is 1. The highest BCUT2D eigenvalue weighted by Crippen LogP contribution is 2.44. The fraction of sp³-hybridized carbons (Fsp3) is 0.300. The van der Waals surface area contributed by atoms with Crippen molar-refractivity contribution >= 4 is 18.0 Å². The van der Waals surface area contributed by atoms with E-state index in [1.54, 1.807) is 0 Å². The van der Waals surface area contributed by atoms with Gasteiger partial charge in [-0.2, -0.15) is 0 Å². The average Bonchev–Trinajstić information content (AvgIpc) is 3.23. The molecule has 0 heterocycles. The number of benzene rings is 3. The van der Waals surface area contributed by atoms with E-state index in [1.807, 2.05) is 54.6 Å². The molecule has 37 heavy (non-hydrogen) atoms. The first-order valence-electron chi connectivity index (χ1n) is 12.7. The number of carboxylic acids is 1. The van der Waals surface area contributed by atoms with E-state index >= 15 is 0 Å². The number of unbranched alkanes of at least 4 members (excludes halogenated alkanes) is 1. The minimum atomic E-state index is -1.03. The van der Waals surface area contributed by atoms with Gasteiger partial charge in [0.15, 0.2) is 0 Å². The third-order valence-electron chi connectivity index (χ3n) is 6.63. The molecule has 3 aromatic rings. The van der Waals surface area contributed by atoms with Crippen molar-refractivity contribution in [3.05, 3.63) is 95.6 Å². The van der Waals surface area contributed by atoms with Gasteiger partial charge in [-0.15, -0.1) is 0 Å². The number of alkyl carbamates (subject to hydrolysis) is 1. The van der Waals surface area contributed by atoms with Gasteiger partial charge in [-0.05, 0) is 53.5 Å². The molecular formula is C30H32N2O5. The SMILES string of the molecule is O=C(O)CC[C@H](NC(=O)OCC1c2ccccc2-c2ccccc21)C(=O)NCCCCc1ccccc1. The average molecular weight is 501 g/mol. The summed E-state index contributed by atoms with van der Waals surface area (Å²) >= 11 is 0. The Labute approximate surface area is 216 Å². The van der Waals surface area contributed by atoms with Crippen LogP contribution in [-0.2, 0) is 20.7 Å². The number of aryl methyl sites for hydroxylation is 1. The Bertz CT molecular complexity index is 1180. The van der Waals surface area contributed by atoms with Crippen molar-refractivity contribution < 1.29 is 24.2 Å². The molecule has 7 heteroatoms. The molecule has 3 aromatic carbocycles. The number of hydrogen-bond acceptors (Lipinski definition) is 4. The van der Waals surface area contributed by atoms with Crippen LogP contribution in [0, 0.1) is 0 Å². The molecule has 0 spiro atoms. The summed E-state index contributed by atoms with van der Waals surface area (Å²) in [5.74, 6) is -1.54. The highest BCUT2D eigenvalue weighted by Gasteiger charge is 2.29. The molecule has 0 bridgehead atoms. The Kier molecular flexibility index (Phi) is 8.92. The second-order valence-corrected chi connectivity index (χ2v) is 9.19. The Balaban J connectivity index is 1.29. The number of hydrogen-bond donors (Lipinski definition) is 3. The molecule has 1 aliphatic rings. The van der Waals surface area contributed by atoms with Crippen LogP contribution < -0.4 is 10.6 Å². The zero-order valence-corrected chi connectivity index (χ0v) is 20.7. The first-order chi connectivity index (χ1) is 18.0. The first kappa shape index (κ1) is 25.9. The molecule has 0 fully saturated rings. The summed E-state index contributed by atoms with van der Waals surface area (Å²) in [7, 11) is 0. The molecule has 0 radical (unpaired) electrons. The van der Waals surface area contributed by atoms with Crippen LogP contribution in [0.2, 0.25) is 0 Å². The molecular weight excluding hydrogens is 468 g/mol. The van der Waals surface area contributed by atoms with Crippen LogP contribution in [0.25, 0.3) is 11.1 Å². The van der Waals surface area contributed by atoms with Gasteiger partial charge in [0.05, 0.1) is 0 Å². The van der Waals surface area contributed by atoms with Gasteiger partial charge in [0, 0.05) is 18.9 Å². The van der Waals surface area contributed by atoms with Gasteiger partial charge >= 0.3 is 12.1 Å². The lowest BCUT2D eigenvalue weighted by Crippen LogP contribution is -2.47. The van der Waals surface area contributed by atoms with Crippen molar-refractivity contribution in [2.75, 3.05) is 13.2 Å². The van der Waals surface area contributed by atoms with E-state index in [4.69, 9.17) is 9.84 Å². The van der Waals surface area contributed by atoms with Crippen molar-refractivity contribution in [1.82, 2.24) is 10.6 Å². The lowest BCUT2D eigenvalue weighted by atomic mass is 9.98. The van der Waals surface area contributed by atoms with Crippen LogP contribution in [0.5, 0.6) is 0 Å². The molecule has 192 valence electrons. The predicted octanol–water partition coefficient (Wildman–Crippen LogP) is 4.90. The van der Waals surface area contributed by atoms with Gasteiger partial charge in [-0.3, -0.25) is 9.59 Å². The zero-order chi connectivity index (χ0) is 26.0. The first-order valence-corrected chi connectivity index (χ1v) is 12.7. The van der Waals surface area contributed by atoms with Gasteiger partial charge in [0.2, 0.25) is 5.91 Å². The fourth-order valence-electron chi connectivity index (χ4n) is 4.75. The van der Waals surface area contributed by atoms with Crippen molar-refractivity contribution in [3.8, 4) is 11.1 Å². The Morgan fingerprint density at radius 1 is 0.838 bits per heavy atom. The van der Waals surface area contributed by atoms with Crippen molar-refractivity contribution in [2.45, 2.75) is 44.1 Å².